The molecule has 1 saturated carbocycles. The van der Waals surface area contributed by atoms with E-state index in [0.717, 1.165) is 41.2 Å². The van der Waals surface area contributed by atoms with E-state index < -0.39 is 10.8 Å². The topological polar surface area (TPSA) is 56.0 Å². The van der Waals surface area contributed by atoms with Gasteiger partial charge in [0.1, 0.15) is 0 Å². The van der Waals surface area contributed by atoms with E-state index in [-0.39, 0.29) is 0 Å². The molecule has 2 aromatic rings. The zero-order valence-electron chi connectivity index (χ0n) is 11.0. The standard InChI is InChI=1S/C14H16N2O2S/c1-3-9-8-11(6-7-12(9)19(2)17)13-15-14(18-16-13)10-4-5-10/h6-8,10H,3-5H2,1-2H3/t19-/m0/s1. The van der Waals surface area contributed by atoms with Crippen molar-refractivity contribution in [1.82, 2.24) is 10.1 Å². The summed E-state index contributed by atoms with van der Waals surface area (Å²) < 4.78 is 16.9. The molecule has 0 saturated heterocycles. The number of hydrogen-bond acceptors (Lipinski definition) is 4. The highest BCUT2D eigenvalue weighted by Gasteiger charge is 2.29. The number of rotatable bonds is 4. The Bertz CT molecular complexity index is 632. The summed E-state index contributed by atoms with van der Waals surface area (Å²) in [6.07, 6.45) is 4.84. The van der Waals surface area contributed by atoms with Gasteiger partial charge >= 0.3 is 0 Å². The second kappa shape index (κ2) is 4.89. The Labute approximate surface area is 114 Å². The lowest BCUT2D eigenvalue weighted by molar-refractivity contribution is 0.380. The number of aryl methyl sites for hydroxylation is 1. The van der Waals surface area contributed by atoms with Crippen LogP contribution in [-0.2, 0) is 17.2 Å². The molecule has 0 bridgehead atoms. The molecule has 0 spiro atoms. The average Bonchev–Trinajstić information content (AvgIpc) is 3.15. The van der Waals surface area contributed by atoms with Crippen molar-refractivity contribution in [3.05, 3.63) is 29.7 Å². The molecule has 0 radical (unpaired) electrons. The minimum Gasteiger partial charge on any atom is -0.339 e. The summed E-state index contributed by atoms with van der Waals surface area (Å²) in [7, 11) is -0.961. The van der Waals surface area contributed by atoms with Gasteiger partial charge in [-0.2, -0.15) is 4.98 Å². The monoisotopic (exact) mass is 276 g/mol. The van der Waals surface area contributed by atoms with Crippen molar-refractivity contribution >= 4 is 10.8 Å². The largest absolute Gasteiger partial charge is 0.339 e. The van der Waals surface area contributed by atoms with Crippen molar-refractivity contribution < 1.29 is 8.73 Å². The molecule has 0 aliphatic heterocycles. The molecule has 0 amide bonds. The van der Waals surface area contributed by atoms with Crippen LogP contribution in [0.3, 0.4) is 0 Å². The normalized spacial score (nSPS) is 16.5. The van der Waals surface area contributed by atoms with Gasteiger partial charge in [0.2, 0.25) is 11.7 Å². The second-order valence-corrected chi connectivity index (χ2v) is 6.21. The quantitative estimate of drug-likeness (QED) is 0.861. The smallest absolute Gasteiger partial charge is 0.230 e. The molecule has 4 nitrogen and oxygen atoms in total. The van der Waals surface area contributed by atoms with E-state index in [9.17, 15) is 4.21 Å². The van der Waals surface area contributed by atoms with Crippen molar-refractivity contribution in [3.8, 4) is 11.4 Å². The van der Waals surface area contributed by atoms with Crippen LogP contribution >= 0.6 is 0 Å². The lowest BCUT2D eigenvalue weighted by Gasteiger charge is -2.06. The molecular formula is C14H16N2O2S. The molecule has 100 valence electrons. The van der Waals surface area contributed by atoms with E-state index in [2.05, 4.69) is 17.1 Å². The molecule has 1 aliphatic carbocycles. The van der Waals surface area contributed by atoms with Crippen LogP contribution in [0.5, 0.6) is 0 Å². The molecule has 19 heavy (non-hydrogen) atoms. The fourth-order valence-electron chi connectivity index (χ4n) is 2.12. The maximum atomic E-state index is 11.6. The summed E-state index contributed by atoms with van der Waals surface area (Å²) in [6, 6.07) is 5.83. The minimum absolute atomic E-state index is 0.467. The summed E-state index contributed by atoms with van der Waals surface area (Å²) in [5, 5.41) is 4.04. The highest BCUT2D eigenvalue weighted by molar-refractivity contribution is 7.84. The van der Waals surface area contributed by atoms with E-state index in [4.69, 9.17) is 4.52 Å². The summed E-state index contributed by atoms with van der Waals surface area (Å²) in [5.74, 6) is 1.84. The summed E-state index contributed by atoms with van der Waals surface area (Å²) in [4.78, 5) is 5.33. The number of aromatic nitrogens is 2. The highest BCUT2D eigenvalue weighted by Crippen LogP contribution is 2.39. The summed E-state index contributed by atoms with van der Waals surface area (Å²) in [5.41, 5.74) is 2.01. The Morgan fingerprint density at radius 1 is 1.42 bits per heavy atom. The third-order valence-electron chi connectivity index (χ3n) is 3.38. The predicted octanol–water partition coefficient (Wildman–Crippen LogP) is 2.91. The van der Waals surface area contributed by atoms with Crippen molar-refractivity contribution in [2.75, 3.05) is 6.26 Å². The van der Waals surface area contributed by atoms with Gasteiger partial charge in [0.15, 0.2) is 0 Å². The first-order valence-corrected chi connectivity index (χ1v) is 8.05. The number of benzene rings is 1. The van der Waals surface area contributed by atoms with E-state index in [1.807, 2.05) is 18.2 Å². The van der Waals surface area contributed by atoms with Gasteiger partial charge in [0.05, 0.1) is 10.8 Å². The molecule has 1 aromatic carbocycles. The Kier molecular flexibility index (Phi) is 3.22. The fraction of sp³-hybridized carbons (Fsp3) is 0.429. The number of nitrogens with zero attached hydrogens (tertiary/aromatic N) is 2. The van der Waals surface area contributed by atoms with Gasteiger partial charge < -0.3 is 4.52 Å². The van der Waals surface area contributed by atoms with Gasteiger partial charge in [-0.15, -0.1) is 0 Å². The summed E-state index contributed by atoms with van der Waals surface area (Å²) >= 11 is 0. The minimum atomic E-state index is -0.961. The van der Waals surface area contributed by atoms with Crippen LogP contribution in [0, 0.1) is 0 Å². The molecule has 1 aliphatic rings. The Morgan fingerprint density at radius 3 is 2.84 bits per heavy atom. The molecule has 1 heterocycles. The molecule has 1 fully saturated rings. The SMILES string of the molecule is CCc1cc(-c2noc(C3CC3)n2)ccc1[S@](C)=O. The van der Waals surface area contributed by atoms with E-state index in [0.29, 0.717) is 11.7 Å². The Morgan fingerprint density at radius 2 is 2.21 bits per heavy atom. The molecule has 0 unspecified atom stereocenters. The van der Waals surface area contributed by atoms with Crippen molar-refractivity contribution in [3.63, 3.8) is 0 Å². The van der Waals surface area contributed by atoms with E-state index >= 15 is 0 Å². The van der Waals surface area contributed by atoms with Crippen molar-refractivity contribution in [2.24, 2.45) is 0 Å². The van der Waals surface area contributed by atoms with Gasteiger partial charge in [-0.05, 0) is 43.0 Å². The maximum absolute atomic E-state index is 11.6. The zero-order chi connectivity index (χ0) is 13.4. The molecular weight excluding hydrogens is 260 g/mol. The van der Waals surface area contributed by atoms with Crippen molar-refractivity contribution in [2.45, 2.75) is 37.0 Å². The third kappa shape index (κ3) is 2.47. The molecule has 1 aromatic heterocycles. The van der Waals surface area contributed by atoms with Crippen LogP contribution < -0.4 is 0 Å². The van der Waals surface area contributed by atoms with Crippen LogP contribution in [0.1, 0.15) is 37.1 Å². The lowest BCUT2D eigenvalue weighted by Crippen LogP contribution is -1.96. The summed E-state index contributed by atoms with van der Waals surface area (Å²) in [6.45, 7) is 2.06. The van der Waals surface area contributed by atoms with E-state index in [1.165, 1.54) is 0 Å². The van der Waals surface area contributed by atoms with Gasteiger partial charge in [0, 0.05) is 22.6 Å². The van der Waals surface area contributed by atoms with Crippen LogP contribution in [0.25, 0.3) is 11.4 Å². The Hall–Kier alpha value is -1.49. The third-order valence-corrected chi connectivity index (χ3v) is 4.40. The van der Waals surface area contributed by atoms with Crippen LogP contribution in [0.4, 0.5) is 0 Å². The maximum Gasteiger partial charge on any atom is 0.230 e. The Balaban J connectivity index is 1.97. The highest BCUT2D eigenvalue weighted by atomic mass is 32.2. The molecule has 3 rings (SSSR count). The first kappa shape index (κ1) is 12.5. The van der Waals surface area contributed by atoms with Gasteiger partial charge in [-0.1, -0.05) is 12.1 Å². The first-order valence-electron chi connectivity index (χ1n) is 6.49. The zero-order valence-corrected chi connectivity index (χ0v) is 11.9. The van der Waals surface area contributed by atoms with Crippen molar-refractivity contribution in [1.29, 1.82) is 0 Å². The van der Waals surface area contributed by atoms with Crippen LogP contribution in [0.2, 0.25) is 0 Å². The van der Waals surface area contributed by atoms with E-state index in [1.54, 1.807) is 6.26 Å². The van der Waals surface area contributed by atoms with Gasteiger partial charge in [-0.25, -0.2) is 0 Å². The number of hydrogen-bond donors (Lipinski definition) is 0. The predicted molar refractivity (Wildman–Crippen MR) is 73.4 cm³/mol. The molecule has 5 heteroatoms. The molecule has 0 N–H and O–H groups in total. The van der Waals surface area contributed by atoms with Crippen LogP contribution in [-0.4, -0.2) is 20.6 Å². The van der Waals surface area contributed by atoms with Gasteiger partial charge in [0.25, 0.3) is 0 Å². The second-order valence-electron chi connectivity index (χ2n) is 4.86. The first-order chi connectivity index (χ1) is 9.19. The lowest BCUT2D eigenvalue weighted by atomic mass is 10.1. The molecule has 1 atom stereocenters. The van der Waals surface area contributed by atoms with Crippen LogP contribution in [0.15, 0.2) is 27.6 Å². The average molecular weight is 276 g/mol. The fourth-order valence-corrected chi connectivity index (χ4v) is 2.96. The van der Waals surface area contributed by atoms with Gasteiger partial charge in [-0.3, -0.25) is 4.21 Å².